The summed E-state index contributed by atoms with van der Waals surface area (Å²) in [5.74, 6) is -7.54. The summed E-state index contributed by atoms with van der Waals surface area (Å²) in [6, 6.07) is 9.33. The highest BCUT2D eigenvalue weighted by atomic mass is 33.1. The molecule has 0 spiro atoms. The third-order valence-corrected chi connectivity index (χ3v) is 19.4. The largest absolute Gasteiger partial charge is 0.480 e. The molecule has 8 bridgehead atoms. The number of carboxylic acids is 2. The molecule has 4 amide bonds. The van der Waals surface area contributed by atoms with Crippen molar-refractivity contribution in [1.29, 1.82) is 0 Å². The molecule has 0 saturated carbocycles. The van der Waals surface area contributed by atoms with Gasteiger partial charge in [-0.1, -0.05) is 42.4 Å². The number of methoxy groups -OCH3 is 1. The van der Waals surface area contributed by atoms with Crippen LogP contribution in [-0.4, -0.2) is 160 Å². The number of hydrogen-bond donors (Lipinski definition) is 11. The van der Waals surface area contributed by atoms with E-state index in [1.165, 1.54) is 54.0 Å². The number of carbonyl (C=O) groups excluding carboxylic acids is 7. The highest BCUT2D eigenvalue weighted by molar-refractivity contribution is 8.76. The number of ketones is 2. The molecule has 1 unspecified atom stereocenters. The minimum absolute atomic E-state index is 0.00742. The summed E-state index contributed by atoms with van der Waals surface area (Å²) in [5, 5.41) is 33.2. The molecule has 496 valence electrons. The fraction of sp³-hybridized carbons (Fsp3) is 0.422. The molecular weight excluding hydrogens is 1250 g/mol. The number of carbonyl (C=O) groups is 9. The Morgan fingerprint density at radius 1 is 0.745 bits per heavy atom. The predicted octanol–water partition coefficient (Wildman–Crippen LogP) is 6.03. The van der Waals surface area contributed by atoms with Crippen molar-refractivity contribution < 1.29 is 62.8 Å². The third kappa shape index (κ3) is 15.7. The number of ether oxygens (including phenoxy) is 2. The molecule has 5 aromatic heterocycles. The first kappa shape index (κ1) is 68.8. The van der Waals surface area contributed by atoms with Gasteiger partial charge in [0.05, 0.1) is 55.5 Å². The number of anilines is 2. The van der Waals surface area contributed by atoms with Crippen LogP contribution in [0.1, 0.15) is 172 Å². The summed E-state index contributed by atoms with van der Waals surface area (Å²) in [6.45, 7) is 11.8. The summed E-state index contributed by atoms with van der Waals surface area (Å²) >= 11 is 0. The molecule has 2 aliphatic heterocycles. The molecule has 0 fully saturated rings. The van der Waals surface area contributed by atoms with E-state index in [1.54, 1.807) is 12.1 Å². The van der Waals surface area contributed by atoms with Crippen molar-refractivity contribution in [2.24, 2.45) is 0 Å². The van der Waals surface area contributed by atoms with Crippen LogP contribution in [-0.2, 0) is 44.8 Å². The lowest BCUT2D eigenvalue weighted by Gasteiger charge is -2.19. The van der Waals surface area contributed by atoms with Gasteiger partial charge in [0.25, 0.3) is 11.5 Å². The SMILES string of the molecule is CC[C@H]1c2cc3[nH]c4c(c3C)C(=O)C(C(=O)OC)c4c3nc(cc4[nH]c(cc(n2)[C@@H]1C)c(C(C)=O)c4C)[C@@H](C)[C@@H]3CCC(=O)NCCSSC[C@@H](NC(=O)CCOCCNC(=O)CC[C@H](NC(=O)c1ccc(NCc2cnc3nc(N)[nH]c(=O)c3n2)cc1)C(=O)O)C(=O)O. The van der Waals surface area contributed by atoms with E-state index in [2.05, 4.69) is 70.3 Å². The monoisotopic (exact) mass is 1330 g/mol. The zero-order valence-corrected chi connectivity index (χ0v) is 54.4. The third-order valence-electron chi connectivity index (χ3n) is 17.0. The number of aromatic nitrogens is 8. The van der Waals surface area contributed by atoms with Crippen LogP contribution < -0.4 is 37.9 Å². The predicted molar refractivity (Wildman–Crippen MR) is 352 cm³/mol. The van der Waals surface area contributed by atoms with Gasteiger partial charge in [0.2, 0.25) is 23.7 Å². The number of aliphatic carboxylic acids is 2. The standard InChI is InChI=1S/C64H74N14O14S2/c1-8-37-29(2)40-25-45-50(33(6)79)31(4)42(72-45)23-41-30(3)38(54(74-41)52-53(63(90)91-7)57(83)51-32(5)43(75-55(51)52)24-44(37)71-40)13-15-47(80)67-19-22-93-94-28-46(62(88)89)73-49(82)17-20-92-21-18-66-48(81)16-14-39(61(86)87)76-59(84)34-9-11-35(12-10-34)68-26-36-27-69-58-56(70-36)60(85)78-64(65)77-58/h9-12,23-25,27,29-30,37-39,46,53,68,72,75H,8,13-22,26,28H2,1-7H3,(H,66,81)(H,67,80)(H,73,82)(H,76,84)(H,86,87)(H,88,89)(H3,65,69,77,78,85)/t29-,30+,37-,38+,39+,46-,53?/m1/s1. The van der Waals surface area contributed by atoms with E-state index in [4.69, 9.17) is 25.2 Å². The lowest BCUT2D eigenvalue weighted by molar-refractivity contribution is -0.141. The molecule has 12 N–H and O–H groups in total. The van der Waals surface area contributed by atoms with Gasteiger partial charge in [0.15, 0.2) is 22.7 Å². The number of rotatable bonds is 29. The van der Waals surface area contributed by atoms with Gasteiger partial charge in [-0.25, -0.2) is 19.6 Å². The Bertz CT molecular complexity index is 4210. The number of nitrogens with one attached hydrogen (secondary N) is 8. The minimum atomic E-state index is -1.38. The Morgan fingerprint density at radius 2 is 1.43 bits per heavy atom. The first-order valence-corrected chi connectivity index (χ1v) is 33.1. The second-order valence-corrected chi connectivity index (χ2v) is 25.8. The van der Waals surface area contributed by atoms with Crippen LogP contribution in [0.15, 0.2) is 53.5 Å². The van der Waals surface area contributed by atoms with Gasteiger partial charge in [-0.15, -0.1) is 0 Å². The Hall–Kier alpha value is -9.55. The molecule has 6 aromatic rings. The van der Waals surface area contributed by atoms with Crippen molar-refractivity contribution in [2.75, 3.05) is 56.0 Å². The minimum Gasteiger partial charge on any atom is -0.480 e. The molecule has 0 radical (unpaired) electrons. The smallest absolute Gasteiger partial charge is 0.327 e. The van der Waals surface area contributed by atoms with E-state index >= 15 is 0 Å². The topological polar surface area (TPSA) is 428 Å². The van der Waals surface area contributed by atoms with E-state index < -0.39 is 70.9 Å². The van der Waals surface area contributed by atoms with Crippen molar-refractivity contribution in [3.05, 3.63) is 121 Å². The zero-order valence-electron chi connectivity index (χ0n) is 52.8. The van der Waals surface area contributed by atoms with Crippen molar-refractivity contribution >= 4 is 120 Å². The number of hydrogen-bond acceptors (Lipinski definition) is 21. The fourth-order valence-electron chi connectivity index (χ4n) is 11.9. The van der Waals surface area contributed by atoms with Crippen molar-refractivity contribution in [1.82, 2.24) is 61.1 Å². The number of Topliss-reactive ketones (excluding diaryl/α,β-unsaturated/α-hetero) is 2. The molecule has 1 aliphatic carbocycles. The summed E-state index contributed by atoms with van der Waals surface area (Å²) in [7, 11) is 3.75. The number of fused-ring (bicyclic) bond motifs is 9. The van der Waals surface area contributed by atoms with Crippen LogP contribution in [0.25, 0.3) is 33.2 Å². The van der Waals surface area contributed by atoms with Gasteiger partial charge in [-0.05, 0) is 93.6 Å². The molecule has 94 heavy (non-hydrogen) atoms. The van der Waals surface area contributed by atoms with Gasteiger partial charge in [-0.3, -0.25) is 53.3 Å². The average Bonchev–Trinajstić information content (AvgIpc) is 1.57. The molecule has 7 heterocycles. The van der Waals surface area contributed by atoms with Crippen LogP contribution in [0.3, 0.4) is 0 Å². The number of esters is 1. The number of aromatic amines is 3. The number of carboxylic acid groups (broad SMARTS) is 2. The highest BCUT2D eigenvalue weighted by Gasteiger charge is 2.45. The molecule has 9 rings (SSSR count). The van der Waals surface area contributed by atoms with Gasteiger partial charge in [-0.2, -0.15) is 4.98 Å². The Labute approximate surface area is 546 Å². The maximum Gasteiger partial charge on any atom is 0.327 e. The Balaban J connectivity index is 0.705. The van der Waals surface area contributed by atoms with Crippen LogP contribution in [0.4, 0.5) is 11.6 Å². The molecule has 28 nitrogen and oxygen atoms in total. The molecule has 1 aromatic carbocycles. The van der Waals surface area contributed by atoms with Crippen LogP contribution in [0.2, 0.25) is 0 Å². The number of nitrogen functional groups attached to an aromatic ring is 1. The van der Waals surface area contributed by atoms with Gasteiger partial charge >= 0.3 is 17.9 Å². The molecule has 3 aliphatic rings. The van der Waals surface area contributed by atoms with Gasteiger partial charge < -0.3 is 62.0 Å². The van der Waals surface area contributed by atoms with Gasteiger partial charge in [0, 0.05) is 124 Å². The summed E-state index contributed by atoms with van der Waals surface area (Å²) in [6.07, 6.45) is 1.93. The second-order valence-electron chi connectivity index (χ2n) is 23.2. The molecule has 0 saturated heterocycles. The first-order valence-electron chi connectivity index (χ1n) is 30.6. The maximum absolute atomic E-state index is 14.5. The summed E-state index contributed by atoms with van der Waals surface area (Å²) in [4.78, 5) is 161. The lowest BCUT2D eigenvalue weighted by atomic mass is 9.84. The summed E-state index contributed by atoms with van der Waals surface area (Å²) in [5.41, 5.74) is 14.2. The van der Waals surface area contributed by atoms with Crippen LogP contribution in [0.5, 0.6) is 0 Å². The number of nitrogens with two attached hydrogens (primary N) is 1. The first-order chi connectivity index (χ1) is 45.0. The number of amides is 4. The normalized spacial score (nSPS) is 17.1. The van der Waals surface area contributed by atoms with Crippen LogP contribution >= 0.6 is 21.6 Å². The number of aryl methyl sites for hydroxylation is 2. The van der Waals surface area contributed by atoms with Crippen molar-refractivity contribution in [3.63, 3.8) is 0 Å². The van der Waals surface area contributed by atoms with Crippen molar-refractivity contribution in [2.45, 2.75) is 128 Å². The number of benzene rings is 1. The van der Waals surface area contributed by atoms with Crippen LogP contribution in [0, 0.1) is 13.8 Å². The van der Waals surface area contributed by atoms with Crippen molar-refractivity contribution in [3.8, 4) is 0 Å². The number of H-pyrrole nitrogens is 3. The average molecular weight is 1330 g/mol. The molecule has 30 heteroatoms. The Morgan fingerprint density at radius 3 is 2.14 bits per heavy atom. The second kappa shape index (κ2) is 30.5. The lowest BCUT2D eigenvalue weighted by Crippen LogP contribution is -2.42. The van der Waals surface area contributed by atoms with Gasteiger partial charge in [0.1, 0.15) is 18.0 Å². The molecular formula is C64H74N14O14S2. The highest BCUT2D eigenvalue weighted by Crippen LogP contribution is 2.48. The van der Waals surface area contributed by atoms with E-state index in [0.717, 1.165) is 23.4 Å². The molecule has 7 atom stereocenters. The Kier molecular flexibility index (Phi) is 22.3. The zero-order chi connectivity index (χ0) is 67.7. The number of nitrogens with zero attached hydrogens (tertiary/aromatic N) is 5. The van der Waals surface area contributed by atoms with E-state index in [9.17, 15) is 58.2 Å². The van der Waals surface area contributed by atoms with E-state index in [0.29, 0.717) is 72.8 Å². The van der Waals surface area contributed by atoms with E-state index in [1.807, 2.05) is 39.0 Å². The maximum atomic E-state index is 14.5. The quantitative estimate of drug-likeness (QED) is 0.00839. The summed E-state index contributed by atoms with van der Waals surface area (Å²) < 4.78 is 10.7. The van der Waals surface area contributed by atoms with E-state index in [-0.39, 0.29) is 123 Å². The fourth-order valence-corrected chi connectivity index (χ4v) is 14.0.